The Bertz CT molecular complexity index is 830. The number of nitrogens with zero attached hydrogens (tertiary/aromatic N) is 3. The van der Waals surface area contributed by atoms with Crippen molar-refractivity contribution in [3.63, 3.8) is 0 Å². The maximum atomic E-state index is 12.2. The lowest BCUT2D eigenvalue weighted by molar-refractivity contribution is 0.248. The first-order valence-corrected chi connectivity index (χ1v) is 8.03. The smallest absolute Gasteiger partial charge is 0.319 e. The number of nitrogens with one attached hydrogen (secondary N) is 2. The van der Waals surface area contributed by atoms with Crippen molar-refractivity contribution in [2.45, 2.75) is 26.3 Å². The number of urea groups is 1. The molecule has 0 spiro atoms. The fraction of sp³-hybridized carbons (Fsp3) is 0.222. The van der Waals surface area contributed by atoms with Crippen LogP contribution in [0.3, 0.4) is 0 Å². The number of anilines is 1. The minimum absolute atomic E-state index is 0.0661. The largest absolute Gasteiger partial charge is 0.421 e. The molecule has 2 aromatic heterocycles. The maximum Gasteiger partial charge on any atom is 0.319 e. The Morgan fingerprint density at radius 1 is 1.12 bits per heavy atom. The zero-order chi connectivity index (χ0) is 17.6. The van der Waals surface area contributed by atoms with Crippen molar-refractivity contribution in [3.8, 4) is 11.5 Å². The highest BCUT2D eigenvalue weighted by atomic mass is 16.4. The third-order valence-corrected chi connectivity index (χ3v) is 3.74. The number of hydrogen-bond donors (Lipinski definition) is 2. The third kappa shape index (κ3) is 4.20. The van der Waals surface area contributed by atoms with Gasteiger partial charge in [-0.05, 0) is 48.4 Å². The first-order chi connectivity index (χ1) is 12.2. The first kappa shape index (κ1) is 16.6. The second-order valence-electron chi connectivity index (χ2n) is 5.54. The molecule has 7 nitrogen and oxygen atoms in total. The molecule has 3 rings (SSSR count). The van der Waals surface area contributed by atoms with E-state index in [0.717, 1.165) is 17.5 Å². The van der Waals surface area contributed by atoms with Gasteiger partial charge in [-0.1, -0.05) is 6.92 Å². The van der Waals surface area contributed by atoms with Crippen molar-refractivity contribution in [1.82, 2.24) is 20.5 Å². The highest BCUT2D eigenvalue weighted by Gasteiger charge is 2.13. The summed E-state index contributed by atoms with van der Waals surface area (Å²) in [5, 5.41) is 13.6. The van der Waals surface area contributed by atoms with Gasteiger partial charge in [-0.2, -0.15) is 0 Å². The van der Waals surface area contributed by atoms with Gasteiger partial charge in [0.05, 0.1) is 6.04 Å². The van der Waals surface area contributed by atoms with Crippen LogP contribution in [0.2, 0.25) is 0 Å². The molecule has 0 fully saturated rings. The molecule has 128 valence electrons. The monoisotopic (exact) mass is 337 g/mol. The van der Waals surface area contributed by atoms with E-state index in [1.165, 1.54) is 0 Å². The van der Waals surface area contributed by atoms with E-state index in [1.54, 1.807) is 31.5 Å². The van der Waals surface area contributed by atoms with Crippen LogP contribution in [-0.2, 0) is 0 Å². The molecule has 2 heterocycles. The highest BCUT2D eigenvalue weighted by molar-refractivity contribution is 5.89. The highest BCUT2D eigenvalue weighted by Crippen LogP contribution is 2.20. The molecule has 0 aliphatic rings. The Balaban J connectivity index is 1.62. The second-order valence-corrected chi connectivity index (χ2v) is 5.54. The molecule has 0 aliphatic heterocycles. The minimum Gasteiger partial charge on any atom is -0.421 e. The van der Waals surface area contributed by atoms with Crippen molar-refractivity contribution in [3.05, 3.63) is 60.2 Å². The SMILES string of the molecule is CC[C@H](NC(=O)Nc1ccc(-c2nnc(C)o2)cc1)c1ccncc1. The minimum atomic E-state index is -0.259. The molecular formula is C18H19N5O2. The fourth-order valence-electron chi connectivity index (χ4n) is 2.45. The molecule has 0 saturated carbocycles. The Kier molecular flexibility index (Phi) is 5.03. The molecule has 0 saturated heterocycles. The van der Waals surface area contributed by atoms with Gasteiger partial charge in [-0.15, -0.1) is 10.2 Å². The summed E-state index contributed by atoms with van der Waals surface area (Å²) in [6.07, 6.45) is 4.22. The topological polar surface area (TPSA) is 92.9 Å². The van der Waals surface area contributed by atoms with E-state index in [2.05, 4.69) is 25.8 Å². The molecule has 25 heavy (non-hydrogen) atoms. The Labute approximate surface area is 145 Å². The van der Waals surface area contributed by atoms with E-state index in [4.69, 9.17) is 4.42 Å². The van der Waals surface area contributed by atoms with Gasteiger partial charge in [0.25, 0.3) is 0 Å². The molecular weight excluding hydrogens is 318 g/mol. The number of rotatable bonds is 5. The standard InChI is InChI=1S/C18H19N5O2/c1-3-16(13-8-10-19-11-9-13)21-18(24)20-15-6-4-14(5-7-15)17-23-22-12(2)25-17/h4-11,16H,3H2,1-2H3,(H2,20,21,24)/t16-/m0/s1. The first-order valence-electron chi connectivity index (χ1n) is 8.03. The summed E-state index contributed by atoms with van der Waals surface area (Å²) < 4.78 is 5.38. The number of aryl methyl sites for hydroxylation is 1. The van der Waals surface area contributed by atoms with Gasteiger partial charge < -0.3 is 15.1 Å². The molecule has 2 N–H and O–H groups in total. The van der Waals surface area contributed by atoms with Crippen molar-refractivity contribution < 1.29 is 9.21 Å². The van der Waals surface area contributed by atoms with Gasteiger partial charge in [0.15, 0.2) is 0 Å². The summed E-state index contributed by atoms with van der Waals surface area (Å²) in [5.41, 5.74) is 2.51. The van der Waals surface area contributed by atoms with Crippen LogP contribution in [0.15, 0.2) is 53.2 Å². The van der Waals surface area contributed by atoms with Gasteiger partial charge in [0.2, 0.25) is 11.8 Å². The molecule has 0 radical (unpaired) electrons. The van der Waals surface area contributed by atoms with Crippen LogP contribution < -0.4 is 10.6 Å². The van der Waals surface area contributed by atoms with Gasteiger partial charge >= 0.3 is 6.03 Å². The second kappa shape index (κ2) is 7.57. The molecule has 7 heteroatoms. The normalized spacial score (nSPS) is 11.8. The van der Waals surface area contributed by atoms with Crippen molar-refractivity contribution >= 4 is 11.7 Å². The summed E-state index contributed by atoms with van der Waals surface area (Å²) in [5.74, 6) is 0.968. The van der Waals surface area contributed by atoms with E-state index in [-0.39, 0.29) is 12.1 Å². The van der Waals surface area contributed by atoms with Crippen molar-refractivity contribution in [2.24, 2.45) is 0 Å². The van der Waals surface area contributed by atoms with E-state index < -0.39 is 0 Å². The fourth-order valence-corrected chi connectivity index (χ4v) is 2.45. The summed E-state index contributed by atoms with van der Waals surface area (Å²) in [6, 6.07) is 10.7. The lowest BCUT2D eigenvalue weighted by atomic mass is 10.1. The Morgan fingerprint density at radius 2 is 1.84 bits per heavy atom. The number of carbonyl (C=O) groups is 1. The molecule has 1 aromatic carbocycles. The average molecular weight is 337 g/mol. The van der Waals surface area contributed by atoms with Gasteiger partial charge in [0, 0.05) is 30.6 Å². The van der Waals surface area contributed by atoms with Gasteiger partial charge in [-0.25, -0.2) is 4.79 Å². The quantitative estimate of drug-likeness (QED) is 0.740. The van der Waals surface area contributed by atoms with E-state index in [1.807, 2.05) is 31.2 Å². The zero-order valence-corrected chi connectivity index (χ0v) is 14.1. The summed E-state index contributed by atoms with van der Waals surface area (Å²) in [4.78, 5) is 16.2. The van der Waals surface area contributed by atoms with E-state index in [9.17, 15) is 4.79 Å². The van der Waals surface area contributed by atoms with E-state index in [0.29, 0.717) is 17.5 Å². The zero-order valence-electron chi connectivity index (χ0n) is 14.1. The Hall–Kier alpha value is -3.22. The number of hydrogen-bond acceptors (Lipinski definition) is 5. The van der Waals surface area contributed by atoms with Crippen LogP contribution in [0.5, 0.6) is 0 Å². The molecule has 2 amide bonds. The lowest BCUT2D eigenvalue weighted by Crippen LogP contribution is -2.32. The molecule has 0 unspecified atom stereocenters. The van der Waals surface area contributed by atoms with Crippen LogP contribution in [0, 0.1) is 6.92 Å². The number of aromatic nitrogens is 3. The number of benzene rings is 1. The number of amides is 2. The Morgan fingerprint density at radius 3 is 2.44 bits per heavy atom. The average Bonchev–Trinajstić information content (AvgIpc) is 3.07. The number of carbonyl (C=O) groups excluding carboxylic acids is 1. The number of pyridine rings is 1. The predicted octanol–water partition coefficient (Wildman–Crippen LogP) is 3.71. The maximum absolute atomic E-state index is 12.2. The van der Waals surface area contributed by atoms with Gasteiger partial charge in [0.1, 0.15) is 0 Å². The summed E-state index contributed by atoms with van der Waals surface area (Å²) in [7, 11) is 0. The van der Waals surface area contributed by atoms with E-state index >= 15 is 0 Å². The van der Waals surface area contributed by atoms with Crippen molar-refractivity contribution in [2.75, 3.05) is 5.32 Å². The van der Waals surface area contributed by atoms with Crippen LogP contribution in [0.1, 0.15) is 30.8 Å². The van der Waals surface area contributed by atoms with Crippen molar-refractivity contribution in [1.29, 1.82) is 0 Å². The van der Waals surface area contributed by atoms with Gasteiger partial charge in [-0.3, -0.25) is 4.98 Å². The third-order valence-electron chi connectivity index (χ3n) is 3.74. The molecule has 0 aliphatic carbocycles. The van der Waals surface area contributed by atoms with Crippen LogP contribution in [0.25, 0.3) is 11.5 Å². The summed E-state index contributed by atoms with van der Waals surface area (Å²) in [6.45, 7) is 3.76. The lowest BCUT2D eigenvalue weighted by Gasteiger charge is -2.17. The van der Waals surface area contributed by atoms with Crippen LogP contribution in [-0.4, -0.2) is 21.2 Å². The van der Waals surface area contributed by atoms with Crippen LogP contribution in [0.4, 0.5) is 10.5 Å². The predicted molar refractivity (Wildman–Crippen MR) is 93.9 cm³/mol. The summed E-state index contributed by atoms with van der Waals surface area (Å²) >= 11 is 0. The molecule has 3 aromatic rings. The molecule has 1 atom stereocenters. The molecule has 0 bridgehead atoms. The van der Waals surface area contributed by atoms with Crippen LogP contribution >= 0.6 is 0 Å².